The molecule has 65 heavy (non-hydrogen) atoms. The second-order valence-corrected chi connectivity index (χ2v) is 26.6. The molecule has 2 aromatic rings. The summed E-state index contributed by atoms with van der Waals surface area (Å²) in [5, 5.41) is 0. The van der Waals surface area contributed by atoms with Crippen molar-refractivity contribution in [2.45, 2.75) is 222 Å². The van der Waals surface area contributed by atoms with Crippen LogP contribution in [0, 0.1) is 98.7 Å². The van der Waals surface area contributed by atoms with Crippen LogP contribution in [0.3, 0.4) is 0 Å². The first-order valence-electron chi connectivity index (χ1n) is 26.3. The number of benzene rings is 2. The fraction of sp³-hybridized carbons (Fsp3) is 0.786. The third-order valence-electron chi connectivity index (χ3n) is 16.1. The molecule has 368 valence electrons. The van der Waals surface area contributed by atoms with Crippen LogP contribution in [-0.4, -0.2) is 24.4 Å². The third-order valence-corrected chi connectivity index (χ3v) is 19.5. The molecule has 4 aliphatic carbocycles. The molecule has 0 spiro atoms. The molecule has 14 atom stereocenters. The summed E-state index contributed by atoms with van der Waals surface area (Å²) in [6.07, 6.45) is 14.4. The molecule has 0 amide bonds. The highest BCUT2D eigenvalue weighted by Crippen LogP contribution is 2.57. The lowest BCUT2D eigenvalue weighted by Crippen LogP contribution is -2.36. The van der Waals surface area contributed by atoms with E-state index in [9.17, 15) is 0 Å². The highest BCUT2D eigenvalue weighted by Gasteiger charge is 2.42. The van der Waals surface area contributed by atoms with Gasteiger partial charge in [0.15, 0.2) is 0 Å². The molecule has 4 saturated carbocycles. The van der Waals surface area contributed by atoms with Crippen LogP contribution in [0.1, 0.15) is 182 Å². The maximum absolute atomic E-state index is 7.32. The van der Waals surface area contributed by atoms with Crippen LogP contribution in [0.15, 0.2) is 34.1 Å². The summed E-state index contributed by atoms with van der Waals surface area (Å²) >= 11 is 1.74. The van der Waals surface area contributed by atoms with Crippen LogP contribution in [-0.2, 0) is 18.1 Å². The Morgan fingerprint density at radius 3 is 0.923 bits per heavy atom. The largest absolute Gasteiger partial charge is 0.425 e. The third kappa shape index (κ3) is 14.6. The van der Waals surface area contributed by atoms with Gasteiger partial charge in [-0.1, -0.05) is 133 Å². The fourth-order valence-electron chi connectivity index (χ4n) is 12.0. The molecule has 0 N–H and O–H groups in total. The van der Waals surface area contributed by atoms with Crippen LogP contribution >= 0.6 is 29.0 Å². The number of rotatable bonds is 18. The minimum absolute atomic E-state index is 0.105. The number of hydrogen-bond donors (Lipinski definition) is 0. The lowest BCUT2D eigenvalue weighted by molar-refractivity contribution is -0.00335. The van der Waals surface area contributed by atoms with Crippen molar-refractivity contribution in [1.82, 2.24) is 0 Å². The van der Waals surface area contributed by atoms with Gasteiger partial charge in [0.2, 0.25) is 0 Å². The predicted molar refractivity (Wildman–Crippen MR) is 276 cm³/mol. The fourth-order valence-corrected chi connectivity index (χ4v) is 16.4. The molecule has 6 nitrogen and oxygen atoms in total. The van der Waals surface area contributed by atoms with Gasteiger partial charge in [-0.15, -0.1) is 0 Å². The Kier molecular flexibility index (Phi) is 20.0. The highest BCUT2D eigenvalue weighted by atomic mass is 32.2. The smallest absolute Gasteiger partial charge is 0.397 e. The van der Waals surface area contributed by atoms with E-state index in [0.29, 0.717) is 71.0 Å². The van der Waals surface area contributed by atoms with Crippen LogP contribution in [0.2, 0.25) is 0 Å². The molecule has 4 fully saturated rings. The highest BCUT2D eigenvalue weighted by molar-refractivity contribution is 7.99. The Hall–Kier alpha value is -0.910. The Morgan fingerprint density at radius 1 is 0.415 bits per heavy atom. The second-order valence-electron chi connectivity index (χ2n) is 23.4. The lowest BCUT2D eigenvalue weighted by Gasteiger charge is -2.41. The molecule has 4 aliphatic rings. The first-order valence-corrected chi connectivity index (χ1v) is 29.3. The summed E-state index contributed by atoms with van der Waals surface area (Å²) < 4.78 is 43.7. The van der Waals surface area contributed by atoms with E-state index in [1.54, 1.807) is 11.8 Å². The SMILES string of the molecule is Cc1cc(C)c(OP(O[C@@H]2C[C@H](C)CCC2C(C)C)O[C@@H]2C[C@H](C)CC[C@H]2C(C)C)c(Sc2cc(C)cc(C)c2OP(O[C@@H]2C[C@H](C)CCC2C(C)C)O[C@@H]2C[C@H](C)CC[C@H]2C(C)C)c1. The normalized spacial score (nSPS) is 32.3. The summed E-state index contributed by atoms with van der Waals surface area (Å²) in [4.78, 5) is 2.11. The number of aryl methyl sites for hydroxylation is 4. The topological polar surface area (TPSA) is 55.4 Å². The van der Waals surface area contributed by atoms with E-state index in [-0.39, 0.29) is 24.4 Å². The standard InChI is InChI=1S/C56H92O6P2S/c1-33(2)45-21-17-37(9)27-49(45)57-63(58-50-28-38(10)18-22-46(50)34(3)4)61-55-43(15)25-41(13)31-53(55)65-54-32-42(14)26-44(16)56(54)62-64(59-51-29-39(11)19-23-47(51)35(5)6)60-52-30-40(12)20-24-48(52)36(7)8/h25-26,31-40,45-52H,17-24,27-30H2,1-16H3/t37-,38-,39-,40-,45+,46?,47+,48?,49-,50-,51-,52-,63?,64?/m1/s1. The molecule has 0 aliphatic heterocycles. The van der Waals surface area contributed by atoms with Gasteiger partial charge in [0.1, 0.15) is 11.5 Å². The molecule has 0 radical (unpaired) electrons. The summed E-state index contributed by atoms with van der Waals surface area (Å²) in [6.45, 7) is 37.2. The number of hydrogen-bond acceptors (Lipinski definition) is 7. The molecule has 0 heterocycles. The van der Waals surface area contributed by atoms with Gasteiger partial charge in [0, 0.05) is 0 Å². The van der Waals surface area contributed by atoms with Gasteiger partial charge in [-0.05, 0) is 184 Å². The molecule has 0 bridgehead atoms. The average Bonchev–Trinajstić information content (AvgIpc) is 3.20. The molecule has 0 aromatic heterocycles. The molecular formula is C56H92O6P2S. The van der Waals surface area contributed by atoms with E-state index in [0.717, 1.165) is 58.1 Å². The van der Waals surface area contributed by atoms with Gasteiger partial charge in [-0.25, -0.2) is 0 Å². The van der Waals surface area contributed by atoms with E-state index in [2.05, 4.69) is 135 Å². The molecule has 6 rings (SSSR count). The van der Waals surface area contributed by atoms with Gasteiger partial charge < -0.3 is 9.05 Å². The van der Waals surface area contributed by atoms with Gasteiger partial charge in [-0.2, -0.15) is 0 Å². The maximum Gasteiger partial charge on any atom is 0.397 e. The van der Waals surface area contributed by atoms with E-state index in [1.807, 2.05) is 0 Å². The monoisotopic (exact) mass is 955 g/mol. The van der Waals surface area contributed by atoms with E-state index < -0.39 is 17.2 Å². The first kappa shape index (κ1) is 53.4. The van der Waals surface area contributed by atoms with Crippen molar-refractivity contribution < 1.29 is 27.1 Å². The summed E-state index contributed by atoms with van der Waals surface area (Å²) in [5.74, 6) is 8.26. The van der Waals surface area contributed by atoms with Crippen molar-refractivity contribution in [2.24, 2.45) is 71.0 Å². The summed E-state index contributed by atoms with van der Waals surface area (Å²) in [6, 6.07) is 9.06. The van der Waals surface area contributed by atoms with Crippen molar-refractivity contribution in [3.63, 3.8) is 0 Å². The van der Waals surface area contributed by atoms with Crippen molar-refractivity contribution >= 4 is 29.0 Å². The van der Waals surface area contributed by atoms with Gasteiger partial charge in [0.25, 0.3) is 0 Å². The summed E-state index contributed by atoms with van der Waals surface area (Å²) in [7, 11) is -3.41. The molecular weight excluding hydrogens is 863 g/mol. The van der Waals surface area contributed by atoms with Crippen molar-refractivity contribution in [1.29, 1.82) is 0 Å². The zero-order chi connectivity index (χ0) is 47.3. The Labute approximate surface area is 405 Å². The summed E-state index contributed by atoms with van der Waals surface area (Å²) in [5.41, 5.74) is 4.59. The van der Waals surface area contributed by atoms with Crippen molar-refractivity contribution in [3.8, 4) is 11.5 Å². The molecule has 2 aromatic carbocycles. The van der Waals surface area contributed by atoms with Crippen molar-refractivity contribution in [2.75, 3.05) is 0 Å². The minimum atomic E-state index is -1.70. The maximum atomic E-state index is 7.32. The Morgan fingerprint density at radius 2 is 0.677 bits per heavy atom. The van der Waals surface area contributed by atoms with E-state index in [1.165, 1.54) is 62.5 Å². The average molecular weight is 955 g/mol. The van der Waals surface area contributed by atoms with E-state index >= 15 is 0 Å². The van der Waals surface area contributed by atoms with Crippen molar-refractivity contribution in [3.05, 3.63) is 46.5 Å². The van der Waals surface area contributed by atoms with Crippen LogP contribution < -0.4 is 9.05 Å². The molecule has 9 heteroatoms. The Balaban J connectivity index is 1.37. The predicted octanol–water partition coefficient (Wildman–Crippen LogP) is 18.2. The lowest BCUT2D eigenvalue weighted by atomic mass is 9.75. The molecule has 0 saturated heterocycles. The zero-order valence-electron chi connectivity index (χ0n) is 43.8. The van der Waals surface area contributed by atoms with E-state index in [4.69, 9.17) is 27.1 Å². The zero-order valence-corrected chi connectivity index (χ0v) is 46.4. The minimum Gasteiger partial charge on any atom is -0.425 e. The molecule has 4 unspecified atom stereocenters. The van der Waals surface area contributed by atoms with Gasteiger partial charge in [0.05, 0.1) is 34.2 Å². The van der Waals surface area contributed by atoms with Gasteiger partial charge in [-0.3, -0.25) is 18.1 Å². The van der Waals surface area contributed by atoms with Crippen LogP contribution in [0.5, 0.6) is 11.5 Å². The Bertz CT molecular complexity index is 1610. The second kappa shape index (κ2) is 24.3. The quantitative estimate of drug-likeness (QED) is 0.138. The first-order chi connectivity index (χ1) is 30.8. The van der Waals surface area contributed by atoms with Crippen LogP contribution in [0.25, 0.3) is 0 Å². The van der Waals surface area contributed by atoms with Gasteiger partial charge >= 0.3 is 17.2 Å². The van der Waals surface area contributed by atoms with Crippen LogP contribution in [0.4, 0.5) is 0 Å².